The third-order valence-corrected chi connectivity index (χ3v) is 3.95. The van der Waals surface area contributed by atoms with Crippen LogP contribution in [-0.2, 0) is 24.2 Å². The Bertz CT molecular complexity index is 658. The van der Waals surface area contributed by atoms with Gasteiger partial charge in [-0.15, -0.1) is 12.4 Å². The highest BCUT2D eigenvalue weighted by atomic mass is 35.5. The number of nitrogens with zero attached hydrogens (tertiary/aromatic N) is 3. The molecule has 0 saturated carbocycles. The number of amides is 1. The van der Waals surface area contributed by atoms with Crippen LogP contribution in [0.1, 0.15) is 23.6 Å². The average Bonchev–Trinajstić information content (AvgIpc) is 2.87. The van der Waals surface area contributed by atoms with Crippen molar-refractivity contribution < 1.29 is 4.79 Å². The molecule has 0 aliphatic carbocycles. The Hall–Kier alpha value is -1.92. The van der Waals surface area contributed by atoms with Crippen LogP contribution in [0.5, 0.6) is 0 Å². The lowest BCUT2D eigenvalue weighted by molar-refractivity contribution is -0.123. The maximum Gasteiger partial charge on any atom is 0.237 e. The number of halogens is 1. The van der Waals surface area contributed by atoms with Crippen LogP contribution in [0.2, 0.25) is 0 Å². The second kappa shape index (κ2) is 7.57. The van der Waals surface area contributed by atoms with Crippen LogP contribution in [-0.4, -0.2) is 32.8 Å². The minimum absolute atomic E-state index is 0. The second-order valence-corrected chi connectivity index (χ2v) is 5.80. The number of fused-ring (bicyclic) bond motifs is 1. The summed E-state index contributed by atoms with van der Waals surface area (Å²) in [6, 6.07) is 9.38. The van der Waals surface area contributed by atoms with E-state index in [1.165, 1.54) is 0 Å². The SMILES string of the molecule is Cc1nc2n(n1)CC(NC(=O)[C@@H](N)Cc1ccccc1)CC2.Cl. The number of benzene rings is 1. The number of carbonyl (C=O) groups is 1. The Kier molecular flexibility index (Phi) is 5.74. The fourth-order valence-corrected chi connectivity index (χ4v) is 2.82. The summed E-state index contributed by atoms with van der Waals surface area (Å²) in [4.78, 5) is 16.6. The maximum absolute atomic E-state index is 12.3. The van der Waals surface area contributed by atoms with E-state index in [0.717, 1.165) is 30.1 Å². The van der Waals surface area contributed by atoms with E-state index >= 15 is 0 Å². The molecule has 3 N–H and O–H groups in total. The van der Waals surface area contributed by atoms with E-state index in [1.807, 2.05) is 41.9 Å². The lowest BCUT2D eigenvalue weighted by atomic mass is 10.0. The summed E-state index contributed by atoms with van der Waals surface area (Å²) < 4.78 is 1.88. The summed E-state index contributed by atoms with van der Waals surface area (Å²) >= 11 is 0. The normalized spacial score (nSPS) is 17.7. The van der Waals surface area contributed by atoms with Gasteiger partial charge < -0.3 is 11.1 Å². The van der Waals surface area contributed by atoms with Crippen LogP contribution in [0, 0.1) is 6.92 Å². The molecule has 23 heavy (non-hydrogen) atoms. The molecule has 2 aromatic rings. The first kappa shape index (κ1) is 17.4. The lowest BCUT2D eigenvalue weighted by Crippen LogP contribution is -2.49. The van der Waals surface area contributed by atoms with Gasteiger partial charge >= 0.3 is 0 Å². The molecule has 0 spiro atoms. The van der Waals surface area contributed by atoms with E-state index in [0.29, 0.717) is 13.0 Å². The Morgan fingerprint density at radius 1 is 1.43 bits per heavy atom. The highest BCUT2D eigenvalue weighted by molar-refractivity contribution is 5.85. The first-order valence-corrected chi connectivity index (χ1v) is 7.62. The van der Waals surface area contributed by atoms with Crippen LogP contribution < -0.4 is 11.1 Å². The number of rotatable bonds is 4. The lowest BCUT2D eigenvalue weighted by Gasteiger charge is -2.25. The molecule has 0 radical (unpaired) electrons. The Balaban J connectivity index is 0.00000192. The minimum Gasteiger partial charge on any atom is -0.350 e. The molecule has 1 unspecified atom stereocenters. The summed E-state index contributed by atoms with van der Waals surface area (Å²) in [6.07, 6.45) is 2.26. The molecular weight excluding hydrogens is 314 g/mol. The predicted molar refractivity (Wildman–Crippen MR) is 90.4 cm³/mol. The van der Waals surface area contributed by atoms with Crippen molar-refractivity contribution in [2.24, 2.45) is 5.73 Å². The van der Waals surface area contributed by atoms with E-state index in [4.69, 9.17) is 5.73 Å². The minimum atomic E-state index is -0.527. The number of nitrogens with one attached hydrogen (secondary N) is 1. The first-order valence-electron chi connectivity index (χ1n) is 7.62. The molecule has 0 fully saturated rings. The van der Waals surface area contributed by atoms with Crippen molar-refractivity contribution in [1.82, 2.24) is 20.1 Å². The monoisotopic (exact) mass is 335 g/mol. The topological polar surface area (TPSA) is 85.8 Å². The Morgan fingerprint density at radius 3 is 2.91 bits per heavy atom. The summed E-state index contributed by atoms with van der Waals surface area (Å²) in [5.41, 5.74) is 7.09. The van der Waals surface area contributed by atoms with Gasteiger partial charge in [0.25, 0.3) is 0 Å². The van der Waals surface area contributed by atoms with Crippen LogP contribution in [0.3, 0.4) is 0 Å². The van der Waals surface area contributed by atoms with E-state index in [-0.39, 0.29) is 24.4 Å². The van der Waals surface area contributed by atoms with Crippen molar-refractivity contribution in [1.29, 1.82) is 0 Å². The number of aryl methyl sites for hydroxylation is 2. The van der Waals surface area contributed by atoms with Crippen molar-refractivity contribution in [3.8, 4) is 0 Å². The molecule has 124 valence electrons. The molecule has 7 heteroatoms. The fraction of sp³-hybridized carbons (Fsp3) is 0.438. The molecule has 6 nitrogen and oxygen atoms in total. The predicted octanol–water partition coefficient (Wildman–Crippen LogP) is 1.01. The van der Waals surface area contributed by atoms with Crippen molar-refractivity contribution >= 4 is 18.3 Å². The summed E-state index contributed by atoms with van der Waals surface area (Å²) in [6.45, 7) is 2.55. The molecule has 3 rings (SSSR count). The highest BCUT2D eigenvalue weighted by Gasteiger charge is 2.24. The molecular formula is C16H22ClN5O. The molecule has 1 aliphatic rings. The Morgan fingerprint density at radius 2 is 2.17 bits per heavy atom. The third-order valence-electron chi connectivity index (χ3n) is 3.95. The number of nitrogens with two attached hydrogens (primary N) is 1. The van der Waals surface area contributed by atoms with Gasteiger partial charge in [-0.1, -0.05) is 30.3 Å². The zero-order valence-electron chi connectivity index (χ0n) is 13.1. The van der Waals surface area contributed by atoms with Gasteiger partial charge in [-0.2, -0.15) is 5.10 Å². The molecule has 1 aliphatic heterocycles. The van der Waals surface area contributed by atoms with Gasteiger partial charge in [-0.3, -0.25) is 4.79 Å². The molecule has 2 heterocycles. The molecule has 0 saturated heterocycles. The summed E-state index contributed by atoms with van der Waals surface area (Å²) in [5.74, 6) is 1.67. The summed E-state index contributed by atoms with van der Waals surface area (Å²) in [5, 5.41) is 7.38. The second-order valence-electron chi connectivity index (χ2n) is 5.80. The van der Waals surface area contributed by atoms with Crippen molar-refractivity contribution in [2.45, 2.75) is 44.8 Å². The van der Waals surface area contributed by atoms with Gasteiger partial charge in [0.2, 0.25) is 5.91 Å². The first-order chi connectivity index (χ1) is 10.6. The van der Waals surface area contributed by atoms with Crippen LogP contribution in [0.4, 0.5) is 0 Å². The van der Waals surface area contributed by atoms with Gasteiger partial charge in [-0.25, -0.2) is 9.67 Å². The zero-order valence-corrected chi connectivity index (χ0v) is 13.9. The number of aromatic nitrogens is 3. The molecule has 1 amide bonds. The molecule has 2 atom stereocenters. The van der Waals surface area contributed by atoms with Crippen LogP contribution >= 0.6 is 12.4 Å². The van der Waals surface area contributed by atoms with E-state index in [1.54, 1.807) is 0 Å². The third kappa shape index (κ3) is 4.30. The van der Waals surface area contributed by atoms with Crippen LogP contribution in [0.25, 0.3) is 0 Å². The standard InChI is InChI=1S/C16H21N5O.ClH/c1-11-18-15-8-7-13(10-21(15)20-11)19-16(22)14(17)9-12-5-3-2-4-6-12;/h2-6,13-14H,7-10,17H2,1H3,(H,19,22);1H/t13?,14-;/m0./s1. The average molecular weight is 336 g/mol. The van der Waals surface area contributed by atoms with Crippen molar-refractivity contribution in [2.75, 3.05) is 0 Å². The molecule has 0 bridgehead atoms. The maximum atomic E-state index is 12.3. The number of carbonyl (C=O) groups excluding carboxylic acids is 1. The van der Waals surface area contributed by atoms with E-state index < -0.39 is 6.04 Å². The van der Waals surface area contributed by atoms with Gasteiger partial charge in [0, 0.05) is 12.5 Å². The summed E-state index contributed by atoms with van der Waals surface area (Å²) in [7, 11) is 0. The highest BCUT2D eigenvalue weighted by Crippen LogP contribution is 2.13. The quantitative estimate of drug-likeness (QED) is 0.873. The number of hydrogen-bond donors (Lipinski definition) is 2. The van der Waals surface area contributed by atoms with Crippen molar-refractivity contribution in [3.05, 3.63) is 47.5 Å². The fourth-order valence-electron chi connectivity index (χ4n) is 2.82. The van der Waals surface area contributed by atoms with Gasteiger partial charge in [0.15, 0.2) is 0 Å². The van der Waals surface area contributed by atoms with Crippen molar-refractivity contribution in [3.63, 3.8) is 0 Å². The smallest absolute Gasteiger partial charge is 0.237 e. The zero-order chi connectivity index (χ0) is 15.5. The van der Waals surface area contributed by atoms with Crippen LogP contribution in [0.15, 0.2) is 30.3 Å². The molecule has 1 aromatic heterocycles. The van der Waals surface area contributed by atoms with E-state index in [2.05, 4.69) is 15.4 Å². The largest absolute Gasteiger partial charge is 0.350 e. The van der Waals surface area contributed by atoms with E-state index in [9.17, 15) is 4.79 Å². The van der Waals surface area contributed by atoms with Gasteiger partial charge in [0.05, 0.1) is 12.6 Å². The van der Waals surface area contributed by atoms with Gasteiger partial charge in [-0.05, 0) is 25.3 Å². The Labute approximate surface area is 141 Å². The number of hydrogen-bond acceptors (Lipinski definition) is 4. The van der Waals surface area contributed by atoms with Gasteiger partial charge in [0.1, 0.15) is 11.6 Å². The molecule has 1 aromatic carbocycles.